The highest BCUT2D eigenvalue weighted by atomic mass is 32.2. The lowest BCUT2D eigenvalue weighted by Crippen LogP contribution is -2.45. The number of nitriles is 1. The summed E-state index contributed by atoms with van der Waals surface area (Å²) in [7, 11) is -3.55. The van der Waals surface area contributed by atoms with E-state index in [2.05, 4.69) is 11.0 Å². The van der Waals surface area contributed by atoms with E-state index < -0.39 is 10.0 Å². The van der Waals surface area contributed by atoms with Crippen LogP contribution in [0.15, 0.2) is 47.4 Å². The maximum atomic E-state index is 13.3. The minimum atomic E-state index is -3.55. The number of carbonyl (C=O) groups excluding carboxylic acids is 1. The lowest BCUT2D eigenvalue weighted by molar-refractivity contribution is -0.136. The molecule has 2 aromatic carbocycles. The maximum absolute atomic E-state index is 13.3. The fourth-order valence-corrected chi connectivity index (χ4v) is 6.65. The number of piperidine rings is 1. The number of anilines is 1. The summed E-state index contributed by atoms with van der Waals surface area (Å²) < 4.78 is 27.9. The van der Waals surface area contributed by atoms with E-state index in [9.17, 15) is 13.2 Å². The number of aryl methyl sites for hydroxylation is 2. The van der Waals surface area contributed by atoms with E-state index in [1.54, 1.807) is 6.07 Å². The molecule has 2 aromatic rings. The molecule has 34 heavy (non-hydrogen) atoms. The van der Waals surface area contributed by atoms with E-state index in [0.29, 0.717) is 49.5 Å². The van der Waals surface area contributed by atoms with Crippen molar-refractivity contribution in [1.82, 2.24) is 9.21 Å². The normalized spacial score (nSPS) is 18.4. The molecule has 0 spiro atoms. The Bertz CT molecular complexity index is 1180. The highest BCUT2D eigenvalue weighted by Gasteiger charge is 2.34. The topological polar surface area (TPSA) is 84.7 Å². The van der Waals surface area contributed by atoms with Gasteiger partial charge in [0.05, 0.1) is 16.5 Å². The summed E-state index contributed by atoms with van der Waals surface area (Å²) in [4.78, 5) is 17.8. The van der Waals surface area contributed by atoms with Gasteiger partial charge < -0.3 is 9.80 Å². The summed E-state index contributed by atoms with van der Waals surface area (Å²) in [5.41, 5.74) is 3.50. The molecule has 0 bridgehead atoms. The van der Waals surface area contributed by atoms with Crippen molar-refractivity contribution in [3.8, 4) is 6.07 Å². The zero-order valence-corrected chi connectivity index (χ0v) is 20.7. The Labute approximate surface area is 202 Å². The Hall–Kier alpha value is -2.89. The zero-order chi connectivity index (χ0) is 24.3. The van der Waals surface area contributed by atoms with E-state index in [1.165, 1.54) is 4.31 Å². The van der Waals surface area contributed by atoms with E-state index in [4.69, 9.17) is 5.26 Å². The third kappa shape index (κ3) is 5.11. The first-order valence-corrected chi connectivity index (χ1v) is 13.3. The van der Waals surface area contributed by atoms with Crippen molar-refractivity contribution in [3.05, 3.63) is 59.2 Å². The molecule has 4 rings (SSSR count). The Kier molecular flexibility index (Phi) is 7.24. The average molecular weight is 481 g/mol. The molecular weight excluding hydrogens is 448 g/mol. The quantitative estimate of drug-likeness (QED) is 0.670. The van der Waals surface area contributed by atoms with Gasteiger partial charge in [0.15, 0.2) is 0 Å². The van der Waals surface area contributed by atoms with Gasteiger partial charge in [0.1, 0.15) is 0 Å². The van der Waals surface area contributed by atoms with Gasteiger partial charge in [-0.3, -0.25) is 4.79 Å². The highest BCUT2D eigenvalue weighted by Crippen LogP contribution is 2.28. The number of amides is 1. The molecule has 2 aliphatic heterocycles. The van der Waals surface area contributed by atoms with Gasteiger partial charge in [-0.2, -0.15) is 9.57 Å². The average Bonchev–Trinajstić information content (AvgIpc) is 3.10. The number of hydrogen-bond acceptors (Lipinski definition) is 5. The molecule has 0 aromatic heterocycles. The smallest absolute Gasteiger partial charge is 0.243 e. The molecule has 0 atom stereocenters. The summed E-state index contributed by atoms with van der Waals surface area (Å²) in [6.45, 7) is 7.50. The second-order valence-corrected chi connectivity index (χ2v) is 11.2. The van der Waals surface area contributed by atoms with Gasteiger partial charge in [-0.15, -0.1) is 0 Å². The van der Waals surface area contributed by atoms with Crippen molar-refractivity contribution in [2.24, 2.45) is 5.92 Å². The van der Waals surface area contributed by atoms with Crippen molar-refractivity contribution in [3.63, 3.8) is 0 Å². The van der Waals surface area contributed by atoms with Gasteiger partial charge in [-0.1, -0.05) is 17.7 Å². The van der Waals surface area contributed by atoms with Crippen LogP contribution in [0.2, 0.25) is 0 Å². The molecule has 0 unspecified atom stereocenters. The molecular formula is C26H32N4O3S. The van der Waals surface area contributed by atoms with Gasteiger partial charge in [-0.05, 0) is 69.0 Å². The molecule has 0 saturated carbocycles. The first-order valence-electron chi connectivity index (χ1n) is 11.9. The molecule has 0 aliphatic carbocycles. The number of benzene rings is 2. The zero-order valence-electron chi connectivity index (χ0n) is 19.9. The number of rotatable bonds is 4. The predicted molar refractivity (Wildman–Crippen MR) is 132 cm³/mol. The minimum Gasteiger partial charge on any atom is -0.370 e. The summed E-state index contributed by atoms with van der Waals surface area (Å²) in [5.74, 6) is 0.0114. The van der Waals surface area contributed by atoms with E-state index in [1.807, 2.05) is 55.1 Å². The third-order valence-corrected chi connectivity index (χ3v) is 8.98. The molecule has 0 radical (unpaired) electrons. The van der Waals surface area contributed by atoms with Crippen LogP contribution in [0.4, 0.5) is 5.69 Å². The van der Waals surface area contributed by atoms with Gasteiger partial charge in [0.2, 0.25) is 15.9 Å². The van der Waals surface area contributed by atoms with Crippen LogP contribution >= 0.6 is 0 Å². The van der Waals surface area contributed by atoms with Crippen LogP contribution in [-0.2, 0) is 14.8 Å². The molecule has 2 aliphatic rings. The second-order valence-electron chi connectivity index (χ2n) is 9.27. The van der Waals surface area contributed by atoms with Crippen LogP contribution in [0.1, 0.15) is 36.0 Å². The fraction of sp³-hybridized carbons (Fsp3) is 0.462. The minimum absolute atomic E-state index is 0.132. The number of carbonyl (C=O) groups is 1. The van der Waals surface area contributed by atoms with E-state index >= 15 is 0 Å². The van der Waals surface area contributed by atoms with Crippen LogP contribution in [0.5, 0.6) is 0 Å². The molecule has 2 saturated heterocycles. The monoisotopic (exact) mass is 480 g/mol. The molecule has 2 fully saturated rings. The summed E-state index contributed by atoms with van der Waals surface area (Å²) in [5, 5.41) is 9.00. The van der Waals surface area contributed by atoms with Crippen molar-refractivity contribution < 1.29 is 13.2 Å². The van der Waals surface area contributed by atoms with Gasteiger partial charge in [0, 0.05) is 50.9 Å². The predicted octanol–water partition coefficient (Wildman–Crippen LogP) is 3.31. The molecule has 8 heteroatoms. The molecule has 1 amide bonds. The lowest BCUT2D eigenvalue weighted by Gasteiger charge is -2.33. The van der Waals surface area contributed by atoms with Gasteiger partial charge in [0.25, 0.3) is 0 Å². The van der Waals surface area contributed by atoms with Gasteiger partial charge in [-0.25, -0.2) is 8.42 Å². The number of nitrogens with zero attached hydrogens (tertiary/aromatic N) is 4. The Balaban J connectivity index is 1.34. The fourth-order valence-electron chi connectivity index (χ4n) is 4.97. The SMILES string of the molecule is Cc1ccc(S(=O)(=O)N2CCC(C(=O)N3CCCN(c4ccc(C#N)cc4)CC3)CC2)c(C)c1. The Morgan fingerprint density at radius 1 is 0.941 bits per heavy atom. The van der Waals surface area contributed by atoms with Gasteiger partial charge >= 0.3 is 0 Å². The first-order chi connectivity index (χ1) is 16.3. The third-order valence-electron chi connectivity index (χ3n) is 6.92. The summed E-state index contributed by atoms with van der Waals surface area (Å²) in [6, 6.07) is 15.1. The Morgan fingerprint density at radius 3 is 2.29 bits per heavy atom. The highest BCUT2D eigenvalue weighted by molar-refractivity contribution is 7.89. The maximum Gasteiger partial charge on any atom is 0.243 e. The molecule has 0 N–H and O–H groups in total. The van der Waals surface area contributed by atoms with Crippen LogP contribution in [0.3, 0.4) is 0 Å². The van der Waals surface area contributed by atoms with E-state index in [-0.39, 0.29) is 11.8 Å². The standard InChI is InChI=1S/C26H32N4O3S/c1-20-4-9-25(21(2)18-20)34(32,33)30-14-10-23(11-15-30)26(31)29-13-3-12-28(16-17-29)24-7-5-22(19-27)6-8-24/h4-9,18,23H,3,10-17H2,1-2H3. The summed E-state index contributed by atoms with van der Waals surface area (Å²) >= 11 is 0. The number of sulfonamides is 1. The second kappa shape index (κ2) is 10.2. The van der Waals surface area contributed by atoms with Crippen molar-refractivity contribution in [2.45, 2.75) is 38.0 Å². The molecule has 2 heterocycles. The van der Waals surface area contributed by atoms with Crippen LogP contribution in [-0.4, -0.2) is 62.8 Å². The van der Waals surface area contributed by atoms with Crippen LogP contribution < -0.4 is 4.90 Å². The largest absolute Gasteiger partial charge is 0.370 e. The van der Waals surface area contributed by atoms with Crippen molar-refractivity contribution in [1.29, 1.82) is 5.26 Å². The van der Waals surface area contributed by atoms with Crippen LogP contribution in [0.25, 0.3) is 0 Å². The first kappa shape index (κ1) is 24.2. The summed E-state index contributed by atoms with van der Waals surface area (Å²) in [6.07, 6.45) is 1.99. The molecule has 7 nitrogen and oxygen atoms in total. The lowest BCUT2D eigenvalue weighted by atomic mass is 9.96. The van der Waals surface area contributed by atoms with Crippen molar-refractivity contribution >= 4 is 21.6 Å². The van der Waals surface area contributed by atoms with E-state index in [0.717, 1.165) is 36.3 Å². The van der Waals surface area contributed by atoms with Crippen molar-refractivity contribution in [2.75, 3.05) is 44.2 Å². The molecule has 180 valence electrons. The van der Waals surface area contributed by atoms with Crippen LogP contribution in [0, 0.1) is 31.1 Å². The number of hydrogen-bond donors (Lipinski definition) is 0. The Morgan fingerprint density at radius 2 is 1.65 bits per heavy atom.